The van der Waals surface area contributed by atoms with Crippen molar-refractivity contribution in [3.05, 3.63) is 38.7 Å². The average Bonchev–Trinajstić information content (AvgIpc) is 2.31. The van der Waals surface area contributed by atoms with Gasteiger partial charge in [0.15, 0.2) is 0 Å². The van der Waals surface area contributed by atoms with E-state index in [0.717, 1.165) is 10.1 Å². The van der Waals surface area contributed by atoms with Crippen molar-refractivity contribution in [3.8, 4) is 0 Å². The number of fused-ring (bicyclic) bond motifs is 1. The molecule has 0 saturated carbocycles. The van der Waals surface area contributed by atoms with Crippen LogP contribution in [0.15, 0.2) is 21.9 Å². The lowest BCUT2D eigenvalue weighted by atomic mass is 9.86. The second kappa shape index (κ2) is 3.80. The molecule has 0 amide bonds. The molecule has 18 heavy (non-hydrogen) atoms. The van der Waals surface area contributed by atoms with E-state index in [2.05, 4.69) is 4.98 Å². The van der Waals surface area contributed by atoms with Gasteiger partial charge in [0.05, 0.1) is 5.39 Å². The third-order valence-electron chi connectivity index (χ3n) is 3.15. The van der Waals surface area contributed by atoms with Crippen LogP contribution in [0.2, 0.25) is 0 Å². The first-order chi connectivity index (χ1) is 8.25. The van der Waals surface area contributed by atoms with Crippen LogP contribution in [-0.2, 0) is 19.5 Å². The van der Waals surface area contributed by atoms with Gasteiger partial charge in [0.1, 0.15) is 5.65 Å². The van der Waals surface area contributed by atoms with Crippen molar-refractivity contribution in [2.75, 3.05) is 0 Å². The second-order valence-corrected chi connectivity index (χ2v) is 5.51. The number of hydrogen-bond donors (Lipinski definition) is 0. The van der Waals surface area contributed by atoms with E-state index < -0.39 is 0 Å². The summed E-state index contributed by atoms with van der Waals surface area (Å²) in [6.45, 7) is 6.10. The van der Waals surface area contributed by atoms with Crippen molar-refractivity contribution in [2.45, 2.75) is 26.2 Å². The van der Waals surface area contributed by atoms with E-state index >= 15 is 0 Å². The van der Waals surface area contributed by atoms with Crippen LogP contribution in [0.25, 0.3) is 11.0 Å². The first kappa shape index (κ1) is 12.5. The van der Waals surface area contributed by atoms with Crippen molar-refractivity contribution < 1.29 is 0 Å². The smallest absolute Gasteiger partial charge is 0.280 e. The summed E-state index contributed by atoms with van der Waals surface area (Å²) in [5, 5.41) is 0.523. The first-order valence-electron chi connectivity index (χ1n) is 5.80. The highest BCUT2D eigenvalue weighted by atomic mass is 16.2. The minimum Gasteiger partial charge on any atom is -0.280 e. The molecule has 0 saturated heterocycles. The van der Waals surface area contributed by atoms with Gasteiger partial charge < -0.3 is 0 Å². The summed E-state index contributed by atoms with van der Waals surface area (Å²) in [5.41, 5.74) is 0.529. The highest BCUT2D eigenvalue weighted by Crippen LogP contribution is 2.25. The van der Waals surface area contributed by atoms with Gasteiger partial charge in [-0.1, -0.05) is 20.8 Å². The van der Waals surface area contributed by atoms with Crippen molar-refractivity contribution >= 4 is 11.0 Å². The van der Waals surface area contributed by atoms with Crippen LogP contribution in [0.1, 0.15) is 26.3 Å². The molecule has 0 radical (unpaired) electrons. The van der Waals surface area contributed by atoms with E-state index in [9.17, 15) is 9.59 Å². The minimum atomic E-state index is -0.356. The fraction of sp³-hybridized carbons (Fsp3) is 0.462. The van der Waals surface area contributed by atoms with Gasteiger partial charge in [-0.3, -0.25) is 13.9 Å². The number of aryl methyl sites for hydroxylation is 1. The van der Waals surface area contributed by atoms with Crippen LogP contribution in [0.3, 0.4) is 0 Å². The van der Waals surface area contributed by atoms with Gasteiger partial charge in [0, 0.05) is 20.3 Å². The van der Waals surface area contributed by atoms with Crippen molar-refractivity contribution in [2.24, 2.45) is 14.1 Å². The van der Waals surface area contributed by atoms with Gasteiger partial charge >= 0.3 is 5.69 Å². The molecule has 0 fully saturated rings. The highest BCUT2D eigenvalue weighted by molar-refractivity contribution is 5.79. The zero-order valence-corrected chi connectivity index (χ0v) is 11.3. The molecule has 0 aliphatic carbocycles. The summed E-state index contributed by atoms with van der Waals surface area (Å²) >= 11 is 0. The quantitative estimate of drug-likeness (QED) is 0.696. The Balaban J connectivity index is 3.13. The Labute approximate surface area is 105 Å². The molecule has 2 aromatic rings. The normalized spacial score (nSPS) is 12.1. The Bertz CT molecular complexity index is 733. The molecule has 2 heterocycles. The molecule has 0 atom stereocenters. The van der Waals surface area contributed by atoms with Crippen LogP contribution in [0.4, 0.5) is 0 Å². The third kappa shape index (κ3) is 1.66. The molecule has 2 aromatic heterocycles. The van der Waals surface area contributed by atoms with Gasteiger partial charge in [-0.05, 0) is 17.0 Å². The molecule has 0 aliphatic heterocycles. The molecule has 0 N–H and O–H groups in total. The summed E-state index contributed by atoms with van der Waals surface area (Å²) in [5.74, 6) is 0. The summed E-state index contributed by atoms with van der Waals surface area (Å²) < 4.78 is 2.53. The number of nitrogens with zero attached hydrogens (tertiary/aromatic N) is 3. The van der Waals surface area contributed by atoms with E-state index in [-0.39, 0.29) is 16.7 Å². The van der Waals surface area contributed by atoms with Gasteiger partial charge in [0.25, 0.3) is 5.56 Å². The molecular formula is C13H17N3O2. The Morgan fingerprint density at radius 2 is 1.72 bits per heavy atom. The van der Waals surface area contributed by atoms with Crippen LogP contribution in [-0.4, -0.2) is 14.1 Å². The molecule has 0 bridgehead atoms. The average molecular weight is 247 g/mol. The standard InChI is InChI=1S/C13H17N3O2/c1-13(2,3)8-6-7-14-10-9(8)11(17)16(5)12(18)15(10)4/h6-7H,1-5H3. The van der Waals surface area contributed by atoms with E-state index in [4.69, 9.17) is 0 Å². The van der Waals surface area contributed by atoms with E-state index in [0.29, 0.717) is 11.0 Å². The number of rotatable bonds is 0. The second-order valence-electron chi connectivity index (χ2n) is 5.51. The zero-order valence-electron chi connectivity index (χ0n) is 11.3. The lowest BCUT2D eigenvalue weighted by Gasteiger charge is -2.21. The number of pyridine rings is 1. The fourth-order valence-corrected chi connectivity index (χ4v) is 2.11. The fourth-order valence-electron chi connectivity index (χ4n) is 2.11. The maximum Gasteiger partial charge on any atom is 0.332 e. The Morgan fingerprint density at radius 1 is 1.11 bits per heavy atom. The monoisotopic (exact) mass is 247 g/mol. The number of aromatic nitrogens is 3. The van der Waals surface area contributed by atoms with E-state index in [1.807, 2.05) is 26.8 Å². The predicted molar refractivity (Wildman–Crippen MR) is 70.9 cm³/mol. The largest absolute Gasteiger partial charge is 0.332 e. The lowest BCUT2D eigenvalue weighted by Crippen LogP contribution is -2.38. The predicted octanol–water partition coefficient (Wildman–Crippen LogP) is 0.930. The highest BCUT2D eigenvalue weighted by Gasteiger charge is 2.21. The zero-order chi connectivity index (χ0) is 13.7. The summed E-state index contributed by atoms with van der Waals surface area (Å²) in [4.78, 5) is 28.3. The van der Waals surface area contributed by atoms with Gasteiger partial charge in [-0.2, -0.15) is 0 Å². The van der Waals surface area contributed by atoms with Gasteiger partial charge in [-0.15, -0.1) is 0 Å². The third-order valence-corrected chi connectivity index (χ3v) is 3.15. The van der Waals surface area contributed by atoms with Gasteiger partial charge in [0.2, 0.25) is 0 Å². The van der Waals surface area contributed by atoms with Crippen molar-refractivity contribution in [3.63, 3.8) is 0 Å². The molecule has 5 nitrogen and oxygen atoms in total. The SMILES string of the molecule is Cn1c(=O)c2c(C(C)(C)C)ccnc2n(C)c1=O. The van der Waals surface area contributed by atoms with E-state index in [1.165, 1.54) is 11.6 Å². The molecule has 0 spiro atoms. The van der Waals surface area contributed by atoms with Crippen LogP contribution in [0.5, 0.6) is 0 Å². The molecule has 5 heteroatoms. The molecule has 0 unspecified atom stereocenters. The molecule has 0 aliphatic rings. The molecule has 96 valence electrons. The Morgan fingerprint density at radius 3 is 2.28 bits per heavy atom. The summed E-state index contributed by atoms with van der Waals surface area (Å²) in [6, 6.07) is 1.84. The number of hydrogen-bond acceptors (Lipinski definition) is 3. The first-order valence-corrected chi connectivity index (χ1v) is 5.80. The van der Waals surface area contributed by atoms with Crippen LogP contribution in [0, 0.1) is 0 Å². The maximum absolute atomic E-state index is 12.3. The maximum atomic E-state index is 12.3. The van der Waals surface area contributed by atoms with E-state index in [1.54, 1.807) is 13.2 Å². The molecule has 0 aromatic carbocycles. The molecular weight excluding hydrogens is 230 g/mol. The van der Waals surface area contributed by atoms with Crippen molar-refractivity contribution in [1.82, 2.24) is 14.1 Å². The Kier molecular flexibility index (Phi) is 2.65. The Hall–Kier alpha value is -1.91. The van der Waals surface area contributed by atoms with Crippen molar-refractivity contribution in [1.29, 1.82) is 0 Å². The van der Waals surface area contributed by atoms with Crippen LogP contribution < -0.4 is 11.2 Å². The minimum absolute atomic E-state index is 0.176. The summed E-state index contributed by atoms with van der Waals surface area (Å²) in [6.07, 6.45) is 1.64. The lowest BCUT2D eigenvalue weighted by molar-refractivity contribution is 0.592. The topological polar surface area (TPSA) is 56.9 Å². The van der Waals surface area contributed by atoms with Crippen LogP contribution >= 0.6 is 0 Å². The van der Waals surface area contributed by atoms with Gasteiger partial charge in [-0.25, -0.2) is 9.78 Å². The summed E-state index contributed by atoms with van der Waals surface area (Å²) in [7, 11) is 3.12. The molecule has 2 rings (SSSR count).